The largest absolute Gasteiger partial charge is 0.299 e. The van der Waals surface area contributed by atoms with Crippen LogP contribution in [0.15, 0.2) is 35.2 Å². The zero-order valence-electron chi connectivity index (χ0n) is 12.0. The van der Waals surface area contributed by atoms with Gasteiger partial charge in [0.2, 0.25) is 0 Å². The van der Waals surface area contributed by atoms with Gasteiger partial charge in [-0.15, -0.1) is 11.8 Å². The van der Waals surface area contributed by atoms with Gasteiger partial charge in [-0.1, -0.05) is 44.9 Å². The number of Topliss-reactive ketones (excluding diaryl/α,β-unsaturated/α-hetero) is 1. The topological polar surface area (TPSA) is 17.1 Å². The first kappa shape index (κ1) is 14.6. The van der Waals surface area contributed by atoms with Gasteiger partial charge in [0.05, 0.1) is 0 Å². The monoisotopic (exact) mass is 276 g/mol. The van der Waals surface area contributed by atoms with Crippen molar-refractivity contribution in [3.05, 3.63) is 30.3 Å². The summed E-state index contributed by atoms with van der Waals surface area (Å²) in [7, 11) is 0. The summed E-state index contributed by atoms with van der Waals surface area (Å²) in [5.74, 6) is 1.05. The summed E-state index contributed by atoms with van der Waals surface area (Å²) in [5.41, 5.74) is 0. The number of ketones is 1. The van der Waals surface area contributed by atoms with Crippen LogP contribution in [-0.2, 0) is 4.79 Å². The fourth-order valence-electron chi connectivity index (χ4n) is 2.96. The third-order valence-corrected chi connectivity index (χ3v) is 5.47. The Morgan fingerprint density at radius 2 is 2.00 bits per heavy atom. The van der Waals surface area contributed by atoms with E-state index in [0.717, 1.165) is 25.7 Å². The molecule has 3 unspecified atom stereocenters. The molecule has 0 bridgehead atoms. The summed E-state index contributed by atoms with van der Waals surface area (Å²) in [6, 6.07) is 10.5. The second-order valence-electron chi connectivity index (χ2n) is 5.60. The lowest BCUT2D eigenvalue weighted by Gasteiger charge is -2.31. The Morgan fingerprint density at radius 3 is 2.68 bits per heavy atom. The number of benzene rings is 1. The summed E-state index contributed by atoms with van der Waals surface area (Å²) in [6.07, 6.45) is 5.69. The van der Waals surface area contributed by atoms with Crippen LogP contribution in [0.25, 0.3) is 0 Å². The van der Waals surface area contributed by atoms with Gasteiger partial charge in [-0.3, -0.25) is 4.79 Å². The molecule has 2 rings (SSSR count). The van der Waals surface area contributed by atoms with Gasteiger partial charge in [-0.2, -0.15) is 0 Å². The maximum atomic E-state index is 12.4. The van der Waals surface area contributed by atoms with Crippen molar-refractivity contribution < 1.29 is 4.79 Å². The van der Waals surface area contributed by atoms with Crippen molar-refractivity contribution >= 4 is 17.5 Å². The molecule has 1 fully saturated rings. The molecule has 0 saturated heterocycles. The lowest BCUT2D eigenvalue weighted by atomic mass is 9.78. The van der Waals surface area contributed by atoms with Crippen molar-refractivity contribution in [1.29, 1.82) is 0 Å². The van der Waals surface area contributed by atoms with Gasteiger partial charge >= 0.3 is 0 Å². The van der Waals surface area contributed by atoms with Gasteiger partial charge in [0.25, 0.3) is 0 Å². The predicted octanol–water partition coefficient (Wildman–Crippen LogP) is 4.95. The van der Waals surface area contributed by atoms with E-state index in [-0.39, 0.29) is 11.8 Å². The molecule has 1 aromatic rings. The molecule has 1 aliphatic carbocycles. The third kappa shape index (κ3) is 3.85. The second kappa shape index (κ2) is 7.14. The highest BCUT2D eigenvalue weighted by Crippen LogP contribution is 2.38. The summed E-state index contributed by atoms with van der Waals surface area (Å²) in [6.45, 7) is 4.32. The van der Waals surface area contributed by atoms with Crippen molar-refractivity contribution in [1.82, 2.24) is 0 Å². The molecule has 1 nitrogen and oxygen atoms in total. The number of rotatable bonds is 5. The number of hydrogen-bond donors (Lipinski definition) is 0. The smallest absolute Gasteiger partial charge is 0.139 e. The van der Waals surface area contributed by atoms with Crippen molar-refractivity contribution in [3.8, 4) is 0 Å². The molecule has 0 spiro atoms. The van der Waals surface area contributed by atoms with Crippen LogP contribution in [0.4, 0.5) is 0 Å². The van der Waals surface area contributed by atoms with Crippen LogP contribution < -0.4 is 0 Å². The molecule has 0 aromatic heterocycles. The first-order chi connectivity index (χ1) is 9.22. The van der Waals surface area contributed by atoms with Crippen LogP contribution in [0.3, 0.4) is 0 Å². The number of carbonyl (C=O) groups excluding carboxylic acids is 1. The van der Waals surface area contributed by atoms with E-state index >= 15 is 0 Å². The maximum absolute atomic E-state index is 12.4. The van der Waals surface area contributed by atoms with E-state index in [2.05, 4.69) is 38.1 Å². The average Bonchev–Trinajstić information content (AvgIpc) is 2.43. The van der Waals surface area contributed by atoms with Gasteiger partial charge in [0.1, 0.15) is 5.78 Å². The maximum Gasteiger partial charge on any atom is 0.139 e. The first-order valence-electron chi connectivity index (χ1n) is 7.47. The fourth-order valence-corrected chi connectivity index (χ4v) is 4.42. The molecule has 0 heterocycles. The van der Waals surface area contributed by atoms with Gasteiger partial charge in [-0.25, -0.2) is 0 Å². The van der Waals surface area contributed by atoms with Crippen LogP contribution in [0.2, 0.25) is 0 Å². The van der Waals surface area contributed by atoms with E-state index in [0.29, 0.717) is 11.0 Å². The van der Waals surface area contributed by atoms with Crippen LogP contribution in [0, 0.1) is 11.8 Å². The Hall–Kier alpha value is -0.760. The lowest BCUT2D eigenvalue weighted by molar-refractivity contribution is -0.128. The van der Waals surface area contributed by atoms with Crippen LogP contribution >= 0.6 is 11.8 Å². The number of thioether (sulfide) groups is 1. The van der Waals surface area contributed by atoms with E-state index in [9.17, 15) is 4.79 Å². The van der Waals surface area contributed by atoms with Crippen LogP contribution in [0.1, 0.15) is 46.0 Å². The lowest BCUT2D eigenvalue weighted by Crippen LogP contribution is -2.33. The molecule has 104 valence electrons. The molecule has 1 aromatic carbocycles. The molecular formula is C17H24OS. The summed E-state index contributed by atoms with van der Waals surface area (Å²) >= 11 is 1.90. The van der Waals surface area contributed by atoms with Gasteiger partial charge in [0.15, 0.2) is 0 Å². The molecule has 19 heavy (non-hydrogen) atoms. The summed E-state index contributed by atoms with van der Waals surface area (Å²) in [4.78, 5) is 13.7. The Bertz CT molecular complexity index is 401. The quantitative estimate of drug-likeness (QED) is 0.708. The highest BCUT2D eigenvalue weighted by Gasteiger charge is 2.34. The van der Waals surface area contributed by atoms with Gasteiger partial charge in [0, 0.05) is 22.0 Å². The highest BCUT2D eigenvalue weighted by atomic mass is 32.2. The van der Waals surface area contributed by atoms with Gasteiger partial charge in [-0.05, 0) is 31.4 Å². The standard InChI is InChI=1S/C17H24OS/c1-3-8-16(19-14-10-5-4-6-11-14)15-12-7-9-13(2)17(15)18/h4-6,10-11,13,15-16H,3,7-9,12H2,1-2H3. The van der Waals surface area contributed by atoms with Crippen molar-refractivity contribution in [2.24, 2.45) is 11.8 Å². The second-order valence-corrected chi connectivity index (χ2v) is 6.91. The Labute approximate surface area is 121 Å². The van der Waals surface area contributed by atoms with E-state index in [4.69, 9.17) is 0 Å². The minimum absolute atomic E-state index is 0.272. The van der Waals surface area contributed by atoms with E-state index < -0.39 is 0 Å². The normalized spacial score (nSPS) is 25.3. The van der Waals surface area contributed by atoms with E-state index in [1.807, 2.05) is 17.8 Å². The molecule has 3 atom stereocenters. The highest BCUT2D eigenvalue weighted by molar-refractivity contribution is 8.00. The van der Waals surface area contributed by atoms with Crippen molar-refractivity contribution in [2.45, 2.75) is 56.1 Å². The SMILES string of the molecule is CCCC(Sc1ccccc1)C1CCCC(C)C1=O. The summed E-state index contributed by atoms with van der Waals surface area (Å²) in [5, 5.41) is 0.461. The predicted molar refractivity (Wildman–Crippen MR) is 82.5 cm³/mol. The zero-order chi connectivity index (χ0) is 13.7. The van der Waals surface area contributed by atoms with Crippen LogP contribution in [0.5, 0.6) is 0 Å². The van der Waals surface area contributed by atoms with E-state index in [1.165, 1.54) is 11.3 Å². The Balaban J connectivity index is 2.08. The molecule has 0 aliphatic heterocycles. The molecular weight excluding hydrogens is 252 g/mol. The summed E-state index contributed by atoms with van der Waals surface area (Å²) < 4.78 is 0. The molecule has 1 saturated carbocycles. The Kier molecular flexibility index (Phi) is 5.50. The third-order valence-electron chi connectivity index (χ3n) is 4.06. The minimum atomic E-state index is 0.272. The Morgan fingerprint density at radius 1 is 1.26 bits per heavy atom. The molecule has 0 radical (unpaired) electrons. The molecule has 1 aliphatic rings. The van der Waals surface area contributed by atoms with Crippen LogP contribution in [-0.4, -0.2) is 11.0 Å². The number of carbonyl (C=O) groups is 1. The van der Waals surface area contributed by atoms with E-state index in [1.54, 1.807) is 0 Å². The minimum Gasteiger partial charge on any atom is -0.299 e. The number of hydrogen-bond acceptors (Lipinski definition) is 2. The van der Waals surface area contributed by atoms with Gasteiger partial charge < -0.3 is 0 Å². The molecule has 0 N–H and O–H groups in total. The molecule has 2 heteroatoms. The first-order valence-corrected chi connectivity index (χ1v) is 8.35. The molecule has 0 amide bonds. The van der Waals surface area contributed by atoms with Crippen molar-refractivity contribution in [2.75, 3.05) is 0 Å². The van der Waals surface area contributed by atoms with Crippen molar-refractivity contribution in [3.63, 3.8) is 0 Å². The fraction of sp³-hybridized carbons (Fsp3) is 0.588. The average molecular weight is 276 g/mol. The zero-order valence-corrected chi connectivity index (χ0v) is 12.8.